The van der Waals surface area contributed by atoms with Crippen molar-refractivity contribution in [1.29, 1.82) is 0 Å². The number of piperidine rings is 1. The molecule has 1 fully saturated rings. The molecule has 2 rings (SSSR count). The molecule has 0 aliphatic carbocycles. The molecule has 0 aromatic heterocycles. The summed E-state index contributed by atoms with van der Waals surface area (Å²) in [5.74, 6) is -1.96. The van der Waals surface area contributed by atoms with E-state index in [2.05, 4.69) is 0 Å². The summed E-state index contributed by atoms with van der Waals surface area (Å²) in [6.45, 7) is 9.72. The van der Waals surface area contributed by atoms with Gasteiger partial charge in [0.05, 0.1) is 17.4 Å². The van der Waals surface area contributed by atoms with Gasteiger partial charge in [-0.3, -0.25) is 19.7 Å². The number of ketones is 1. The second kappa shape index (κ2) is 9.92. The molecule has 0 bridgehead atoms. The van der Waals surface area contributed by atoms with Crippen LogP contribution in [0.5, 0.6) is 0 Å². The predicted molar refractivity (Wildman–Crippen MR) is 121 cm³/mol. The van der Waals surface area contributed by atoms with Crippen LogP contribution in [0.1, 0.15) is 71.4 Å². The molecule has 0 spiro atoms. The second-order valence-electron chi connectivity index (χ2n) is 10.4. The lowest BCUT2D eigenvalue weighted by atomic mass is 9.71. The normalized spacial score (nSPS) is 16.8. The van der Waals surface area contributed by atoms with E-state index < -0.39 is 40.1 Å². The van der Waals surface area contributed by atoms with Gasteiger partial charge in [-0.2, -0.15) is 13.2 Å². The SMILES string of the molecule is CC(=O)C(C)(C)C(C[N+](=O)[O-])c1ccc(C(F)(F)F)cc1N1CCC(C(=O)OC(C)(C)C)CC1. The van der Waals surface area contributed by atoms with Crippen molar-refractivity contribution in [2.24, 2.45) is 11.3 Å². The van der Waals surface area contributed by atoms with Crippen LogP contribution in [0.3, 0.4) is 0 Å². The number of ether oxygens (including phenoxy) is 1. The summed E-state index contributed by atoms with van der Waals surface area (Å²) in [6.07, 6.45) is -3.85. The van der Waals surface area contributed by atoms with Gasteiger partial charge in [-0.05, 0) is 58.2 Å². The predicted octanol–water partition coefficient (Wildman–Crippen LogP) is 5.24. The zero-order valence-electron chi connectivity index (χ0n) is 20.5. The summed E-state index contributed by atoms with van der Waals surface area (Å²) in [6, 6.07) is 3.14. The van der Waals surface area contributed by atoms with E-state index in [0.717, 1.165) is 12.1 Å². The van der Waals surface area contributed by atoms with Crippen LogP contribution in [0.4, 0.5) is 18.9 Å². The van der Waals surface area contributed by atoms with E-state index in [1.165, 1.54) is 13.0 Å². The van der Waals surface area contributed by atoms with E-state index in [1.807, 2.05) is 0 Å². The van der Waals surface area contributed by atoms with Crippen molar-refractivity contribution in [3.63, 3.8) is 0 Å². The molecular weight excluding hydrogens is 453 g/mol. The summed E-state index contributed by atoms with van der Waals surface area (Å²) in [5, 5.41) is 11.4. The lowest BCUT2D eigenvalue weighted by Crippen LogP contribution is -2.40. The van der Waals surface area contributed by atoms with Crippen molar-refractivity contribution in [3.05, 3.63) is 39.4 Å². The molecule has 1 unspecified atom stereocenters. The molecule has 0 amide bonds. The first kappa shape index (κ1) is 27.6. The van der Waals surface area contributed by atoms with E-state index >= 15 is 0 Å². The third kappa shape index (κ3) is 6.70. The van der Waals surface area contributed by atoms with Crippen molar-refractivity contribution >= 4 is 17.4 Å². The molecule has 7 nitrogen and oxygen atoms in total. The first-order valence-corrected chi connectivity index (χ1v) is 11.2. The highest BCUT2D eigenvalue weighted by Crippen LogP contribution is 2.44. The number of Topliss-reactive ketones (excluding diaryl/α,β-unsaturated/α-hetero) is 1. The Morgan fingerprint density at radius 2 is 1.71 bits per heavy atom. The molecule has 0 saturated carbocycles. The van der Waals surface area contributed by atoms with E-state index in [9.17, 15) is 32.9 Å². The standard InChI is InChI=1S/C24H33F3N2O5/c1-15(30)23(5,6)19(14-29(32)33)18-8-7-17(24(25,26)27)13-20(18)28-11-9-16(10-12-28)21(31)34-22(2,3)4/h7-8,13,16,19H,9-12,14H2,1-6H3. The van der Waals surface area contributed by atoms with Crippen molar-refractivity contribution < 1.29 is 32.4 Å². The van der Waals surface area contributed by atoms with Crippen LogP contribution >= 0.6 is 0 Å². The highest BCUT2D eigenvalue weighted by Gasteiger charge is 2.42. The Morgan fingerprint density at radius 3 is 2.15 bits per heavy atom. The van der Waals surface area contributed by atoms with Gasteiger partial charge < -0.3 is 9.64 Å². The van der Waals surface area contributed by atoms with Gasteiger partial charge in [0.1, 0.15) is 11.4 Å². The zero-order valence-corrected chi connectivity index (χ0v) is 20.5. The van der Waals surface area contributed by atoms with Gasteiger partial charge in [0.2, 0.25) is 6.54 Å². The molecule has 1 saturated heterocycles. The fourth-order valence-electron chi connectivity index (χ4n) is 4.14. The number of nitro groups is 1. The Labute approximate surface area is 197 Å². The third-order valence-corrected chi connectivity index (χ3v) is 6.42. The average molecular weight is 487 g/mol. The Hall–Kier alpha value is -2.65. The van der Waals surface area contributed by atoms with E-state index in [-0.39, 0.29) is 36.4 Å². The summed E-state index contributed by atoms with van der Waals surface area (Å²) in [4.78, 5) is 37.4. The topological polar surface area (TPSA) is 89.8 Å². The van der Waals surface area contributed by atoms with Gasteiger partial charge >= 0.3 is 12.1 Å². The van der Waals surface area contributed by atoms with Crippen molar-refractivity contribution in [1.82, 2.24) is 0 Å². The van der Waals surface area contributed by atoms with E-state index in [4.69, 9.17) is 4.74 Å². The lowest BCUT2D eigenvalue weighted by Gasteiger charge is -2.38. The number of nitrogens with zero attached hydrogens (tertiary/aromatic N) is 2. The molecule has 0 radical (unpaired) electrons. The van der Waals surface area contributed by atoms with Gasteiger partial charge in [0, 0.05) is 29.1 Å². The maximum Gasteiger partial charge on any atom is 0.416 e. The van der Waals surface area contributed by atoms with Crippen LogP contribution in [0, 0.1) is 21.4 Å². The minimum atomic E-state index is -4.60. The van der Waals surface area contributed by atoms with Crippen LogP contribution in [-0.4, -0.2) is 41.9 Å². The number of hydrogen-bond acceptors (Lipinski definition) is 6. The van der Waals surface area contributed by atoms with Crippen molar-refractivity contribution in [2.75, 3.05) is 24.5 Å². The monoisotopic (exact) mass is 486 g/mol. The fraction of sp³-hybridized carbons (Fsp3) is 0.667. The number of anilines is 1. The van der Waals surface area contributed by atoms with Crippen LogP contribution in [0.15, 0.2) is 18.2 Å². The summed E-state index contributed by atoms with van der Waals surface area (Å²) < 4.78 is 46.0. The lowest BCUT2D eigenvalue weighted by molar-refractivity contribution is -0.485. The molecule has 1 aliphatic heterocycles. The van der Waals surface area contributed by atoms with E-state index in [0.29, 0.717) is 18.4 Å². The van der Waals surface area contributed by atoms with Crippen LogP contribution in [0.25, 0.3) is 0 Å². The van der Waals surface area contributed by atoms with Gasteiger partial charge in [-0.1, -0.05) is 19.9 Å². The number of hydrogen-bond donors (Lipinski definition) is 0. The number of rotatable bonds is 7. The number of benzene rings is 1. The summed E-state index contributed by atoms with van der Waals surface area (Å²) in [7, 11) is 0. The molecule has 1 aromatic rings. The molecule has 1 heterocycles. The van der Waals surface area contributed by atoms with Crippen molar-refractivity contribution in [3.8, 4) is 0 Å². The quantitative estimate of drug-likeness (QED) is 0.298. The molecule has 1 aromatic carbocycles. The first-order valence-electron chi connectivity index (χ1n) is 11.2. The molecule has 190 valence electrons. The number of alkyl halides is 3. The van der Waals surface area contributed by atoms with Gasteiger partial charge in [0.25, 0.3) is 0 Å². The first-order chi connectivity index (χ1) is 15.4. The summed E-state index contributed by atoms with van der Waals surface area (Å²) in [5.41, 5.74) is -2.16. The molecule has 1 aliphatic rings. The molecular formula is C24H33F3N2O5. The van der Waals surface area contributed by atoms with Gasteiger partial charge in [-0.15, -0.1) is 0 Å². The van der Waals surface area contributed by atoms with Gasteiger partial charge in [0.15, 0.2) is 0 Å². The Balaban J connectivity index is 2.47. The van der Waals surface area contributed by atoms with Gasteiger partial charge in [-0.25, -0.2) is 0 Å². The number of halogens is 3. The largest absolute Gasteiger partial charge is 0.460 e. The Morgan fingerprint density at radius 1 is 1.15 bits per heavy atom. The minimum absolute atomic E-state index is 0.207. The number of carbonyl (C=O) groups is 2. The highest BCUT2D eigenvalue weighted by molar-refractivity contribution is 5.83. The highest BCUT2D eigenvalue weighted by atomic mass is 19.4. The number of esters is 1. The van der Waals surface area contributed by atoms with E-state index in [1.54, 1.807) is 39.5 Å². The molecule has 0 N–H and O–H groups in total. The number of carbonyl (C=O) groups excluding carboxylic acids is 2. The molecule has 10 heteroatoms. The Kier molecular flexibility index (Phi) is 8.05. The zero-order chi connectivity index (χ0) is 26.1. The third-order valence-electron chi connectivity index (χ3n) is 6.42. The van der Waals surface area contributed by atoms with Crippen LogP contribution in [-0.2, 0) is 20.5 Å². The second-order valence-corrected chi connectivity index (χ2v) is 10.4. The average Bonchev–Trinajstić information content (AvgIpc) is 2.69. The smallest absolute Gasteiger partial charge is 0.416 e. The fourth-order valence-corrected chi connectivity index (χ4v) is 4.14. The maximum atomic E-state index is 13.5. The molecule has 1 atom stereocenters. The minimum Gasteiger partial charge on any atom is -0.460 e. The van der Waals surface area contributed by atoms with Crippen molar-refractivity contribution in [2.45, 2.75) is 72.1 Å². The maximum absolute atomic E-state index is 13.5. The summed E-state index contributed by atoms with van der Waals surface area (Å²) >= 11 is 0. The molecule has 34 heavy (non-hydrogen) atoms. The van der Waals surface area contributed by atoms with Crippen LogP contribution in [0.2, 0.25) is 0 Å². The van der Waals surface area contributed by atoms with Crippen LogP contribution < -0.4 is 4.90 Å². The Bertz CT molecular complexity index is 930.